The van der Waals surface area contributed by atoms with Gasteiger partial charge in [0, 0.05) is 0 Å². The zero-order chi connectivity index (χ0) is 12.4. The van der Waals surface area contributed by atoms with Gasteiger partial charge in [0.15, 0.2) is 5.88 Å². The van der Waals surface area contributed by atoms with E-state index in [-0.39, 0.29) is 18.0 Å². The predicted octanol–water partition coefficient (Wildman–Crippen LogP) is 2.99. The predicted molar refractivity (Wildman–Crippen MR) is 63.4 cm³/mol. The smallest absolute Gasteiger partial charge is 0.417 e. The summed E-state index contributed by atoms with van der Waals surface area (Å²) in [6.07, 6.45) is 0.623. The molecule has 0 unspecified atom stereocenters. The van der Waals surface area contributed by atoms with Crippen molar-refractivity contribution in [1.29, 1.82) is 0 Å². The van der Waals surface area contributed by atoms with E-state index in [2.05, 4.69) is 0 Å². The van der Waals surface area contributed by atoms with Crippen molar-refractivity contribution in [1.82, 2.24) is 4.90 Å². The lowest BCUT2D eigenvalue weighted by Crippen LogP contribution is -2.31. The van der Waals surface area contributed by atoms with Gasteiger partial charge >= 0.3 is 6.09 Å². The average molecular weight is 233 g/mol. The number of benzene rings is 1. The van der Waals surface area contributed by atoms with Crippen molar-refractivity contribution < 1.29 is 14.6 Å². The molecule has 0 saturated carbocycles. The van der Waals surface area contributed by atoms with Crippen LogP contribution < -0.4 is 0 Å². The number of cyclic esters (lactones) is 1. The van der Waals surface area contributed by atoms with Gasteiger partial charge in [0.1, 0.15) is 6.10 Å². The molecule has 0 radical (unpaired) electrons. The minimum absolute atomic E-state index is 0.0686. The number of allylic oxidation sites excluding steroid dienone is 1. The van der Waals surface area contributed by atoms with E-state index in [0.717, 1.165) is 5.56 Å². The second kappa shape index (κ2) is 4.49. The molecule has 1 aliphatic heterocycles. The monoisotopic (exact) mass is 233 g/mol. The van der Waals surface area contributed by atoms with Crippen LogP contribution in [0.25, 0.3) is 0 Å². The van der Waals surface area contributed by atoms with Crippen LogP contribution in [0.3, 0.4) is 0 Å². The first-order valence-corrected chi connectivity index (χ1v) is 5.55. The van der Waals surface area contributed by atoms with E-state index in [4.69, 9.17) is 4.74 Å². The minimum atomic E-state index is -0.512. The zero-order valence-electron chi connectivity index (χ0n) is 9.83. The van der Waals surface area contributed by atoms with Crippen molar-refractivity contribution in [3.63, 3.8) is 0 Å². The fourth-order valence-corrected chi connectivity index (χ4v) is 2.00. The number of carbonyl (C=O) groups is 1. The Hall–Kier alpha value is -1.97. The molecule has 17 heavy (non-hydrogen) atoms. The Bertz CT molecular complexity index is 441. The highest BCUT2D eigenvalue weighted by molar-refractivity contribution is 5.72. The molecule has 1 aromatic carbocycles. The molecule has 2 rings (SSSR count). The third-order valence-corrected chi connectivity index (χ3v) is 2.90. The van der Waals surface area contributed by atoms with Crippen molar-refractivity contribution in [2.24, 2.45) is 0 Å². The number of amides is 1. The Balaban J connectivity index is 2.28. The lowest BCUT2D eigenvalue weighted by molar-refractivity contribution is 0.129. The zero-order valence-corrected chi connectivity index (χ0v) is 9.83. The highest BCUT2D eigenvalue weighted by atomic mass is 16.6. The van der Waals surface area contributed by atoms with Gasteiger partial charge in [0.05, 0.1) is 6.04 Å². The summed E-state index contributed by atoms with van der Waals surface area (Å²) >= 11 is 0. The normalized spacial score (nSPS) is 24.9. The van der Waals surface area contributed by atoms with Gasteiger partial charge < -0.3 is 9.84 Å². The van der Waals surface area contributed by atoms with E-state index in [1.165, 1.54) is 11.0 Å². The Labute approximate surface area is 100 Å². The highest BCUT2D eigenvalue weighted by Gasteiger charge is 2.41. The van der Waals surface area contributed by atoms with E-state index in [1.807, 2.05) is 37.3 Å². The topological polar surface area (TPSA) is 49.8 Å². The summed E-state index contributed by atoms with van der Waals surface area (Å²) in [6.45, 7) is 3.52. The molecular weight excluding hydrogens is 218 g/mol. The van der Waals surface area contributed by atoms with Crippen molar-refractivity contribution in [3.8, 4) is 0 Å². The van der Waals surface area contributed by atoms with Crippen molar-refractivity contribution >= 4 is 6.09 Å². The van der Waals surface area contributed by atoms with Gasteiger partial charge in [-0.15, -0.1) is 0 Å². The summed E-state index contributed by atoms with van der Waals surface area (Å²) in [5, 5.41) is 9.65. The highest BCUT2D eigenvalue weighted by Crippen LogP contribution is 2.33. The van der Waals surface area contributed by atoms with Gasteiger partial charge in [-0.05, 0) is 25.5 Å². The van der Waals surface area contributed by atoms with Gasteiger partial charge in [0.2, 0.25) is 0 Å². The molecule has 2 atom stereocenters. The van der Waals surface area contributed by atoms with Crippen molar-refractivity contribution in [3.05, 3.63) is 47.9 Å². The van der Waals surface area contributed by atoms with E-state index in [0.29, 0.717) is 0 Å². The lowest BCUT2D eigenvalue weighted by Gasteiger charge is -2.19. The number of aliphatic hydroxyl groups excluding tert-OH is 1. The summed E-state index contributed by atoms with van der Waals surface area (Å²) in [7, 11) is 0. The molecule has 4 nitrogen and oxygen atoms in total. The molecule has 1 heterocycles. The Morgan fingerprint density at radius 1 is 1.41 bits per heavy atom. The van der Waals surface area contributed by atoms with Crippen LogP contribution in [-0.4, -0.2) is 22.1 Å². The van der Waals surface area contributed by atoms with Crippen LogP contribution in [0.5, 0.6) is 0 Å². The molecule has 1 amide bonds. The molecule has 0 bridgehead atoms. The van der Waals surface area contributed by atoms with Gasteiger partial charge in [-0.1, -0.05) is 30.3 Å². The van der Waals surface area contributed by atoms with Crippen LogP contribution in [0.2, 0.25) is 0 Å². The van der Waals surface area contributed by atoms with Gasteiger partial charge in [-0.3, -0.25) is 0 Å². The van der Waals surface area contributed by atoms with Crippen molar-refractivity contribution in [2.45, 2.75) is 26.0 Å². The number of rotatable bonds is 2. The Morgan fingerprint density at radius 2 is 2.06 bits per heavy atom. The van der Waals surface area contributed by atoms with Crippen LogP contribution >= 0.6 is 0 Å². The van der Waals surface area contributed by atoms with Gasteiger partial charge in [-0.25, -0.2) is 9.69 Å². The summed E-state index contributed by atoms with van der Waals surface area (Å²) in [5.74, 6) is -0.0686. The Kier molecular flexibility index (Phi) is 3.04. The maximum atomic E-state index is 11.7. The average Bonchev–Trinajstić information content (AvgIpc) is 2.65. The SMILES string of the molecule is C/C=C(\O)N1C(=O)O[C@@H](c2ccccc2)[C@H]1C. The van der Waals surface area contributed by atoms with Gasteiger partial charge in [-0.2, -0.15) is 0 Å². The number of ether oxygens (including phenoxy) is 1. The second-order valence-corrected chi connectivity index (χ2v) is 3.97. The fourth-order valence-electron chi connectivity index (χ4n) is 2.00. The Morgan fingerprint density at radius 3 is 2.65 bits per heavy atom. The first kappa shape index (κ1) is 11.5. The molecule has 90 valence electrons. The van der Waals surface area contributed by atoms with Crippen molar-refractivity contribution in [2.75, 3.05) is 0 Å². The molecule has 4 heteroatoms. The van der Waals surface area contributed by atoms with Crippen LogP contribution in [0.15, 0.2) is 42.3 Å². The molecule has 0 aliphatic carbocycles. The van der Waals surface area contributed by atoms with Crippen LogP contribution in [0.1, 0.15) is 25.5 Å². The molecule has 1 aliphatic rings. The lowest BCUT2D eigenvalue weighted by atomic mass is 10.0. The maximum absolute atomic E-state index is 11.7. The molecule has 0 spiro atoms. The first-order valence-electron chi connectivity index (χ1n) is 5.55. The third kappa shape index (κ3) is 1.98. The quantitative estimate of drug-likeness (QED) is 0.799. The largest absolute Gasteiger partial charge is 0.495 e. The van der Waals surface area contributed by atoms with E-state index in [1.54, 1.807) is 6.92 Å². The van der Waals surface area contributed by atoms with E-state index >= 15 is 0 Å². The number of hydrogen-bond donors (Lipinski definition) is 1. The summed E-state index contributed by atoms with van der Waals surface area (Å²) in [5.41, 5.74) is 0.930. The van der Waals surface area contributed by atoms with E-state index in [9.17, 15) is 9.90 Å². The van der Waals surface area contributed by atoms with E-state index < -0.39 is 6.09 Å². The van der Waals surface area contributed by atoms with Crippen LogP contribution in [-0.2, 0) is 4.74 Å². The number of hydrogen-bond acceptors (Lipinski definition) is 3. The molecule has 1 N–H and O–H groups in total. The first-order chi connectivity index (χ1) is 8.15. The second-order valence-electron chi connectivity index (χ2n) is 3.97. The summed E-state index contributed by atoms with van der Waals surface area (Å²) in [6, 6.07) is 9.30. The number of aliphatic hydroxyl groups is 1. The maximum Gasteiger partial charge on any atom is 0.417 e. The van der Waals surface area contributed by atoms with Crippen LogP contribution in [0.4, 0.5) is 4.79 Å². The number of carbonyl (C=O) groups excluding carboxylic acids is 1. The minimum Gasteiger partial charge on any atom is -0.495 e. The molecule has 1 saturated heterocycles. The number of nitrogens with zero attached hydrogens (tertiary/aromatic N) is 1. The summed E-state index contributed by atoms with van der Waals surface area (Å²) < 4.78 is 5.28. The van der Waals surface area contributed by atoms with Gasteiger partial charge in [0.25, 0.3) is 0 Å². The van der Waals surface area contributed by atoms with Crippen LogP contribution in [0, 0.1) is 0 Å². The fraction of sp³-hybridized carbons (Fsp3) is 0.308. The standard InChI is InChI=1S/C13H15NO3/c1-3-11(15)14-9(2)12(17-13(14)16)10-7-5-4-6-8-10/h3-9,12,15H,1-2H3/b11-3-/t9-,12-/m1/s1. The summed E-state index contributed by atoms with van der Waals surface area (Å²) in [4.78, 5) is 12.9. The third-order valence-electron chi connectivity index (χ3n) is 2.90. The molecule has 1 fully saturated rings. The molecule has 1 aromatic rings. The molecular formula is C13H15NO3. The molecule has 0 aromatic heterocycles.